The van der Waals surface area contributed by atoms with E-state index in [-0.39, 0.29) is 40.9 Å². The summed E-state index contributed by atoms with van der Waals surface area (Å²) in [5.74, 6) is 1.84. The third kappa shape index (κ3) is 4.20. The SMILES string of the molecule is COCc1cc(=O)n(Cc2cc3c(cc2Cl)[C@@](C#CC2CC2)(C(C)(F)F)OC(=O)N3)cn1. The average molecular weight is 464 g/mol. The molecule has 0 spiro atoms. The number of ether oxygens (including phenoxy) is 2. The van der Waals surface area contributed by atoms with Crippen LogP contribution < -0.4 is 10.9 Å². The zero-order valence-corrected chi connectivity index (χ0v) is 18.1. The Hall–Kier alpha value is -2.96. The summed E-state index contributed by atoms with van der Waals surface area (Å²) in [5.41, 5.74) is -1.83. The van der Waals surface area contributed by atoms with Crippen molar-refractivity contribution >= 4 is 23.4 Å². The van der Waals surface area contributed by atoms with Crippen molar-refractivity contribution in [2.24, 2.45) is 5.92 Å². The largest absolute Gasteiger partial charge is 0.418 e. The molecule has 4 rings (SSSR count). The first-order valence-electron chi connectivity index (χ1n) is 9.90. The minimum absolute atomic E-state index is 0.0152. The molecule has 32 heavy (non-hydrogen) atoms. The van der Waals surface area contributed by atoms with E-state index in [0.29, 0.717) is 18.2 Å². The first kappa shape index (κ1) is 22.2. The molecule has 1 amide bonds. The van der Waals surface area contributed by atoms with E-state index < -0.39 is 17.6 Å². The molecule has 1 aromatic carbocycles. The predicted molar refractivity (Wildman–Crippen MR) is 113 cm³/mol. The lowest BCUT2D eigenvalue weighted by molar-refractivity contribution is -0.142. The summed E-state index contributed by atoms with van der Waals surface area (Å²) in [5, 5.41) is 2.57. The fourth-order valence-electron chi connectivity index (χ4n) is 3.42. The highest BCUT2D eigenvalue weighted by atomic mass is 35.5. The predicted octanol–water partition coefficient (Wildman–Crippen LogP) is 3.92. The van der Waals surface area contributed by atoms with Gasteiger partial charge in [-0.05, 0) is 36.5 Å². The van der Waals surface area contributed by atoms with E-state index >= 15 is 0 Å². The lowest BCUT2D eigenvalue weighted by Gasteiger charge is -2.38. The van der Waals surface area contributed by atoms with Gasteiger partial charge in [-0.2, -0.15) is 0 Å². The highest BCUT2D eigenvalue weighted by Gasteiger charge is 2.57. The van der Waals surface area contributed by atoms with Crippen LogP contribution >= 0.6 is 11.6 Å². The molecule has 2 heterocycles. The maximum atomic E-state index is 14.8. The van der Waals surface area contributed by atoms with Crippen LogP contribution in [0.15, 0.2) is 29.3 Å². The number of rotatable bonds is 5. The van der Waals surface area contributed by atoms with E-state index in [1.54, 1.807) is 0 Å². The quantitative estimate of drug-likeness (QED) is 0.680. The van der Waals surface area contributed by atoms with Gasteiger partial charge in [0.25, 0.3) is 17.1 Å². The van der Waals surface area contributed by atoms with E-state index in [2.05, 4.69) is 22.1 Å². The molecular weight excluding hydrogens is 444 g/mol. The summed E-state index contributed by atoms with van der Waals surface area (Å²) in [4.78, 5) is 28.7. The molecule has 0 radical (unpaired) electrons. The molecule has 168 valence electrons. The first-order chi connectivity index (χ1) is 15.1. The highest BCUT2D eigenvalue weighted by molar-refractivity contribution is 6.31. The van der Waals surface area contributed by atoms with Crippen molar-refractivity contribution in [1.82, 2.24) is 9.55 Å². The Labute approximate surface area is 187 Å². The molecule has 2 aliphatic rings. The Morgan fingerprint density at radius 1 is 1.38 bits per heavy atom. The molecule has 2 aromatic rings. The first-order valence-corrected chi connectivity index (χ1v) is 10.3. The lowest BCUT2D eigenvalue weighted by atomic mass is 9.85. The van der Waals surface area contributed by atoms with Gasteiger partial charge in [-0.1, -0.05) is 17.5 Å². The number of nitrogens with one attached hydrogen (secondary N) is 1. The molecule has 10 heteroatoms. The summed E-state index contributed by atoms with van der Waals surface area (Å²) in [7, 11) is 1.49. The second kappa shape index (κ2) is 8.19. The number of amides is 1. The van der Waals surface area contributed by atoms with Crippen LogP contribution in [0, 0.1) is 17.8 Å². The van der Waals surface area contributed by atoms with Crippen molar-refractivity contribution in [3.05, 3.63) is 56.7 Å². The van der Waals surface area contributed by atoms with Crippen LogP contribution in [0.3, 0.4) is 0 Å². The van der Waals surface area contributed by atoms with Gasteiger partial charge in [0.15, 0.2) is 0 Å². The molecule has 0 bridgehead atoms. The minimum Gasteiger partial charge on any atom is -0.418 e. The molecule has 0 unspecified atom stereocenters. The van der Waals surface area contributed by atoms with E-state index in [9.17, 15) is 18.4 Å². The molecule has 1 saturated carbocycles. The number of fused-ring (bicyclic) bond motifs is 1. The average Bonchev–Trinajstić information content (AvgIpc) is 3.53. The second-order valence-corrected chi connectivity index (χ2v) is 8.30. The maximum Gasteiger partial charge on any atom is 0.413 e. The Morgan fingerprint density at radius 2 is 2.12 bits per heavy atom. The normalized spacial score (nSPS) is 20.0. The number of methoxy groups -OCH3 is 1. The van der Waals surface area contributed by atoms with Gasteiger partial charge in [-0.3, -0.25) is 14.7 Å². The van der Waals surface area contributed by atoms with Crippen LogP contribution in [0.25, 0.3) is 0 Å². The number of nitrogens with zero attached hydrogens (tertiary/aromatic N) is 2. The molecule has 7 nitrogen and oxygen atoms in total. The van der Waals surface area contributed by atoms with Crippen LogP contribution in [0.5, 0.6) is 0 Å². The van der Waals surface area contributed by atoms with Gasteiger partial charge in [0, 0.05) is 36.6 Å². The number of aromatic nitrogens is 2. The summed E-state index contributed by atoms with van der Waals surface area (Å²) in [6, 6.07) is 4.09. The number of cyclic esters (lactones) is 1. The Balaban J connectivity index is 1.76. The highest BCUT2D eigenvalue weighted by Crippen LogP contribution is 2.48. The van der Waals surface area contributed by atoms with Crippen molar-refractivity contribution in [3.63, 3.8) is 0 Å². The standard InChI is InChI=1S/C22H20ClF2N3O4/c1-21(24,25)22(6-5-13-3-4-13)16-9-17(23)14(7-18(16)27-20(30)32-22)10-28-12-26-15(11-31-2)8-19(28)29/h7-9,12-13H,3-4,10-11H2,1-2H3,(H,27,30)/t22-/m0/s1. The zero-order chi connectivity index (χ0) is 23.1. The van der Waals surface area contributed by atoms with Gasteiger partial charge >= 0.3 is 6.09 Å². The van der Waals surface area contributed by atoms with Crippen molar-refractivity contribution < 1.29 is 23.0 Å². The molecule has 1 N–H and O–H groups in total. The number of carbonyl (C=O) groups excluding carboxylic acids is 1. The molecular formula is C22H20ClF2N3O4. The third-order valence-electron chi connectivity index (χ3n) is 5.27. The summed E-state index contributed by atoms with van der Waals surface area (Å²) in [6.45, 7) is 0.869. The summed E-state index contributed by atoms with van der Waals surface area (Å²) in [6.07, 6.45) is 1.95. The van der Waals surface area contributed by atoms with Crippen LogP contribution in [-0.4, -0.2) is 28.7 Å². The molecule has 1 fully saturated rings. The number of anilines is 1. The fourth-order valence-corrected chi connectivity index (χ4v) is 3.64. The van der Waals surface area contributed by atoms with Gasteiger partial charge in [-0.15, -0.1) is 0 Å². The molecule has 1 atom stereocenters. The van der Waals surface area contributed by atoms with Gasteiger partial charge in [0.2, 0.25) is 0 Å². The van der Waals surface area contributed by atoms with E-state index in [1.165, 1.54) is 36.2 Å². The Morgan fingerprint density at radius 3 is 2.75 bits per heavy atom. The number of alkyl halides is 2. The smallest absolute Gasteiger partial charge is 0.413 e. The number of carbonyl (C=O) groups is 1. The third-order valence-corrected chi connectivity index (χ3v) is 5.62. The lowest BCUT2D eigenvalue weighted by Crippen LogP contribution is -2.50. The monoisotopic (exact) mass is 463 g/mol. The van der Waals surface area contributed by atoms with Crippen LogP contribution in [-0.2, 0) is 28.2 Å². The summed E-state index contributed by atoms with van der Waals surface area (Å²) < 4.78 is 41.0. The molecule has 0 saturated heterocycles. The zero-order valence-electron chi connectivity index (χ0n) is 17.4. The number of benzene rings is 1. The van der Waals surface area contributed by atoms with Crippen molar-refractivity contribution in [2.45, 2.75) is 44.4 Å². The van der Waals surface area contributed by atoms with E-state index in [1.807, 2.05) is 0 Å². The molecule has 1 aromatic heterocycles. The van der Waals surface area contributed by atoms with Crippen molar-refractivity contribution in [3.8, 4) is 11.8 Å². The Bertz CT molecular complexity index is 1190. The van der Waals surface area contributed by atoms with Crippen molar-refractivity contribution in [1.29, 1.82) is 0 Å². The maximum absolute atomic E-state index is 14.8. The molecule has 1 aliphatic heterocycles. The minimum atomic E-state index is -3.50. The number of halogens is 3. The van der Waals surface area contributed by atoms with Crippen molar-refractivity contribution in [2.75, 3.05) is 12.4 Å². The number of hydrogen-bond donors (Lipinski definition) is 1. The number of hydrogen-bond acceptors (Lipinski definition) is 5. The van der Waals surface area contributed by atoms with Crippen LogP contribution in [0.1, 0.15) is 36.6 Å². The van der Waals surface area contributed by atoms with Crippen LogP contribution in [0.2, 0.25) is 5.02 Å². The topological polar surface area (TPSA) is 82.5 Å². The van der Waals surface area contributed by atoms with Gasteiger partial charge in [0.1, 0.15) is 0 Å². The van der Waals surface area contributed by atoms with Gasteiger partial charge in [-0.25, -0.2) is 18.6 Å². The summed E-state index contributed by atoms with van der Waals surface area (Å²) >= 11 is 6.42. The molecule has 1 aliphatic carbocycles. The van der Waals surface area contributed by atoms with E-state index in [4.69, 9.17) is 21.1 Å². The second-order valence-electron chi connectivity index (χ2n) is 7.90. The Kier molecular flexibility index (Phi) is 5.69. The van der Waals surface area contributed by atoms with Gasteiger partial charge in [0.05, 0.1) is 30.9 Å². The van der Waals surface area contributed by atoms with E-state index in [0.717, 1.165) is 12.8 Å². The van der Waals surface area contributed by atoms with Gasteiger partial charge < -0.3 is 9.47 Å². The fraction of sp³-hybridized carbons (Fsp3) is 0.409. The van der Waals surface area contributed by atoms with Crippen LogP contribution in [0.4, 0.5) is 19.3 Å².